The van der Waals surface area contributed by atoms with E-state index in [1.165, 1.54) is 0 Å². The molecule has 0 radical (unpaired) electrons. The molecule has 0 bridgehead atoms. The highest BCUT2D eigenvalue weighted by molar-refractivity contribution is 5.91. The third-order valence-electron chi connectivity index (χ3n) is 4.62. The summed E-state index contributed by atoms with van der Waals surface area (Å²) in [7, 11) is 1.68. The van der Waals surface area contributed by atoms with Crippen LogP contribution in [0.2, 0.25) is 0 Å². The Morgan fingerprint density at radius 1 is 1.39 bits per heavy atom. The number of aliphatic imine (C=N–C) groups is 1. The molecule has 1 aromatic carbocycles. The number of nitrogens with zero attached hydrogens (tertiary/aromatic N) is 2. The number of nitriles is 1. The van der Waals surface area contributed by atoms with Gasteiger partial charge in [-0.15, -0.1) is 0 Å². The first-order valence-electron chi connectivity index (χ1n) is 9.68. The Bertz CT molecular complexity index is 878. The lowest BCUT2D eigenvalue weighted by Crippen LogP contribution is -2.11. The molecule has 0 atom stereocenters. The predicted octanol–water partition coefficient (Wildman–Crippen LogP) is 5.53. The van der Waals surface area contributed by atoms with E-state index in [9.17, 15) is 5.26 Å². The Morgan fingerprint density at radius 2 is 2.14 bits per heavy atom. The van der Waals surface area contributed by atoms with Crippen LogP contribution in [0.25, 0.3) is 5.57 Å². The highest BCUT2D eigenvalue weighted by atomic mass is 16.5. The average Bonchev–Trinajstić information content (AvgIpc) is 3.55. The van der Waals surface area contributed by atoms with E-state index in [0.29, 0.717) is 23.1 Å². The van der Waals surface area contributed by atoms with Gasteiger partial charge >= 0.3 is 0 Å². The van der Waals surface area contributed by atoms with Gasteiger partial charge in [-0.1, -0.05) is 43.7 Å². The maximum absolute atomic E-state index is 9.32. The Morgan fingerprint density at radius 3 is 2.71 bits per heavy atom. The van der Waals surface area contributed by atoms with Crippen LogP contribution >= 0.6 is 0 Å². The van der Waals surface area contributed by atoms with Crippen LogP contribution in [0.4, 0.5) is 0 Å². The topological polar surface area (TPSA) is 71.4 Å². The molecule has 2 N–H and O–H groups in total. The molecule has 1 aliphatic rings. The summed E-state index contributed by atoms with van der Waals surface area (Å²) in [5.41, 5.74) is 10.6. The van der Waals surface area contributed by atoms with E-state index in [1.807, 2.05) is 31.2 Å². The van der Waals surface area contributed by atoms with Gasteiger partial charge in [0.1, 0.15) is 5.75 Å². The molecular weight excluding hydrogens is 346 g/mol. The molecule has 1 saturated carbocycles. The zero-order chi connectivity index (χ0) is 20.5. The zero-order valence-electron chi connectivity index (χ0n) is 17.0. The molecule has 0 aliphatic heterocycles. The van der Waals surface area contributed by atoms with E-state index in [0.717, 1.165) is 48.1 Å². The normalized spacial score (nSPS) is 15.9. The Hall–Kier alpha value is -3.06. The third kappa shape index (κ3) is 5.99. The van der Waals surface area contributed by atoms with Gasteiger partial charge in [0, 0.05) is 24.4 Å². The number of hydrogen-bond donors (Lipinski definition) is 1. The lowest BCUT2D eigenvalue weighted by molar-refractivity contribution is 0.550. The maximum atomic E-state index is 9.32. The van der Waals surface area contributed by atoms with Crippen molar-refractivity contribution >= 4 is 11.5 Å². The maximum Gasteiger partial charge on any atom is 0.216 e. The molecule has 146 valence electrons. The van der Waals surface area contributed by atoms with E-state index in [-0.39, 0.29) is 0 Å². The largest absolute Gasteiger partial charge is 0.439 e. The quantitative estimate of drug-likeness (QED) is 0.369. The van der Waals surface area contributed by atoms with Crippen LogP contribution < -0.4 is 10.5 Å². The minimum absolute atomic E-state index is 0.438. The van der Waals surface area contributed by atoms with E-state index < -0.39 is 0 Å². The number of hydrogen-bond acceptors (Lipinski definition) is 4. The minimum Gasteiger partial charge on any atom is -0.439 e. The van der Waals surface area contributed by atoms with E-state index >= 15 is 0 Å². The fourth-order valence-corrected chi connectivity index (χ4v) is 2.75. The first-order chi connectivity index (χ1) is 13.5. The second-order valence-electron chi connectivity index (χ2n) is 6.96. The zero-order valence-corrected chi connectivity index (χ0v) is 17.0. The summed E-state index contributed by atoms with van der Waals surface area (Å²) in [6, 6.07) is 7.69. The van der Waals surface area contributed by atoms with Crippen LogP contribution in [-0.4, -0.2) is 12.9 Å². The van der Waals surface area contributed by atoms with Crippen LogP contribution in [0.3, 0.4) is 0 Å². The van der Waals surface area contributed by atoms with Crippen molar-refractivity contribution in [3.63, 3.8) is 0 Å². The molecule has 4 heteroatoms. The smallest absolute Gasteiger partial charge is 0.216 e. The highest BCUT2D eigenvalue weighted by Crippen LogP contribution is 2.34. The van der Waals surface area contributed by atoms with Crippen LogP contribution in [-0.2, 0) is 0 Å². The van der Waals surface area contributed by atoms with Gasteiger partial charge in [0.2, 0.25) is 5.90 Å². The fourth-order valence-electron chi connectivity index (χ4n) is 2.75. The van der Waals surface area contributed by atoms with Gasteiger partial charge in [-0.05, 0) is 55.9 Å². The molecule has 1 fully saturated rings. The summed E-state index contributed by atoms with van der Waals surface area (Å²) in [6.45, 7) is 7.95. The van der Waals surface area contributed by atoms with Gasteiger partial charge in [0.25, 0.3) is 0 Å². The summed E-state index contributed by atoms with van der Waals surface area (Å²) in [5, 5.41) is 9.32. The molecule has 0 unspecified atom stereocenters. The van der Waals surface area contributed by atoms with E-state index in [1.54, 1.807) is 19.2 Å². The van der Waals surface area contributed by atoms with Crippen molar-refractivity contribution in [2.75, 3.05) is 7.05 Å². The summed E-state index contributed by atoms with van der Waals surface area (Å²) in [4.78, 5) is 4.23. The molecule has 4 nitrogen and oxygen atoms in total. The van der Waals surface area contributed by atoms with Crippen molar-refractivity contribution in [1.82, 2.24) is 0 Å². The van der Waals surface area contributed by atoms with Crippen LogP contribution in [0.15, 0.2) is 65.3 Å². The minimum atomic E-state index is 0.438. The lowest BCUT2D eigenvalue weighted by Gasteiger charge is -2.14. The average molecular weight is 376 g/mol. The monoisotopic (exact) mass is 375 g/mol. The standard InChI is InChI=1S/C24H29N3O/c1-5-7-19(10-8-17(3)6-2)21-13-9-18(16-25)14-23(21)28-24(27-4)15-22(26)20-11-12-20/h6,8-10,13-15,20H,2,5,7,11-12,26H2,1,3-4H3/b17-8-,19-10+,22-15?,27-24?. The summed E-state index contributed by atoms with van der Waals surface area (Å²) >= 11 is 0. The highest BCUT2D eigenvalue weighted by Gasteiger charge is 2.24. The second-order valence-corrected chi connectivity index (χ2v) is 6.96. The van der Waals surface area contributed by atoms with Crippen LogP contribution in [0, 0.1) is 17.2 Å². The fraction of sp³-hybridized carbons (Fsp3) is 0.333. The molecule has 0 heterocycles. The molecule has 0 saturated heterocycles. The van der Waals surface area contributed by atoms with Gasteiger partial charge in [-0.25, -0.2) is 0 Å². The van der Waals surface area contributed by atoms with Crippen molar-refractivity contribution in [3.05, 3.63) is 71.5 Å². The molecule has 0 spiro atoms. The van der Waals surface area contributed by atoms with E-state index in [4.69, 9.17) is 10.5 Å². The van der Waals surface area contributed by atoms with Crippen molar-refractivity contribution < 1.29 is 4.74 Å². The first-order valence-corrected chi connectivity index (χ1v) is 9.68. The predicted molar refractivity (Wildman–Crippen MR) is 117 cm³/mol. The van der Waals surface area contributed by atoms with Gasteiger partial charge in [0.05, 0.1) is 11.6 Å². The van der Waals surface area contributed by atoms with Gasteiger partial charge in [-0.3, -0.25) is 4.99 Å². The van der Waals surface area contributed by atoms with Gasteiger partial charge in [0.15, 0.2) is 0 Å². The lowest BCUT2D eigenvalue weighted by atomic mass is 9.98. The number of benzene rings is 1. The molecular formula is C24H29N3O. The number of nitrogens with two attached hydrogens (primary N) is 1. The molecule has 0 amide bonds. The van der Waals surface area contributed by atoms with Crippen molar-refractivity contribution in [2.45, 2.75) is 39.5 Å². The Balaban J connectivity index is 2.45. The third-order valence-corrected chi connectivity index (χ3v) is 4.62. The van der Waals surface area contributed by atoms with Gasteiger partial charge < -0.3 is 10.5 Å². The first kappa shape index (κ1) is 21.2. The molecule has 2 rings (SSSR count). The van der Waals surface area contributed by atoms with Crippen molar-refractivity contribution in [1.29, 1.82) is 5.26 Å². The number of allylic oxidation sites excluding steroid dienone is 6. The summed E-state index contributed by atoms with van der Waals surface area (Å²) in [5.74, 6) is 1.51. The van der Waals surface area contributed by atoms with E-state index in [2.05, 4.69) is 30.6 Å². The second kappa shape index (κ2) is 10.3. The molecule has 0 aromatic heterocycles. The SMILES string of the molecule is C=C/C(C)=C\C=C(/CCC)c1ccc(C#N)cc1OC(C=C(N)C1CC1)=NC. The number of ether oxygens (including phenoxy) is 1. The van der Waals surface area contributed by atoms with Crippen molar-refractivity contribution in [3.8, 4) is 11.8 Å². The van der Waals surface area contributed by atoms with Crippen molar-refractivity contribution in [2.24, 2.45) is 16.6 Å². The summed E-state index contributed by atoms with van der Waals surface area (Å²) < 4.78 is 6.11. The Labute approximate surface area is 168 Å². The van der Waals surface area contributed by atoms with Crippen LogP contribution in [0.5, 0.6) is 5.75 Å². The number of rotatable bonds is 8. The van der Waals surface area contributed by atoms with Crippen LogP contribution in [0.1, 0.15) is 50.7 Å². The summed E-state index contributed by atoms with van der Waals surface area (Å²) in [6.07, 6.45) is 11.9. The molecule has 28 heavy (non-hydrogen) atoms. The Kier molecular flexibility index (Phi) is 7.83. The van der Waals surface area contributed by atoms with Gasteiger partial charge in [-0.2, -0.15) is 5.26 Å². The molecule has 1 aromatic rings. The molecule has 1 aliphatic carbocycles.